The summed E-state index contributed by atoms with van der Waals surface area (Å²) < 4.78 is 2.36. The molecule has 0 fully saturated rings. The highest BCUT2D eigenvalue weighted by molar-refractivity contribution is 6.14. The van der Waals surface area contributed by atoms with Crippen LogP contribution in [0.2, 0.25) is 0 Å². The van der Waals surface area contributed by atoms with Crippen molar-refractivity contribution in [1.82, 2.24) is 4.57 Å². The van der Waals surface area contributed by atoms with Gasteiger partial charge >= 0.3 is 0 Å². The standard InChI is InChI=1S/C63H46N2/c1-3-18-50(19-4-2)64(53-39-40-55-54-26-14-15-28-57(54)63(59(55)43-53)62(47-20-8-5-9-21-47)48-22-10-6-11-23-48)52-37-34-45(35-38-52)44-30-32-46(33-31-44)49-36-41-61-58(42-49)56-27-16-17-29-60(56)65(61)51-24-12-7-13-25-51/h3-43H,1H2,2H3/b19-4-,50-18+. The molecule has 0 bridgehead atoms. The van der Waals surface area contributed by atoms with Gasteiger partial charge in [-0.05, 0) is 140 Å². The van der Waals surface area contributed by atoms with Crippen LogP contribution >= 0.6 is 0 Å². The Kier molecular flexibility index (Phi) is 10.3. The van der Waals surface area contributed by atoms with Crippen molar-refractivity contribution in [3.8, 4) is 39.1 Å². The summed E-state index contributed by atoms with van der Waals surface area (Å²) in [6, 6.07) is 81.5. The van der Waals surface area contributed by atoms with Gasteiger partial charge in [0.15, 0.2) is 0 Å². The van der Waals surface area contributed by atoms with Gasteiger partial charge in [-0.1, -0.05) is 189 Å². The molecule has 0 aliphatic heterocycles. The number of rotatable bonds is 10. The second-order valence-corrected chi connectivity index (χ2v) is 16.5. The zero-order valence-corrected chi connectivity index (χ0v) is 36.3. The largest absolute Gasteiger partial charge is 0.310 e. The average molecular weight is 831 g/mol. The first-order chi connectivity index (χ1) is 32.2. The van der Waals surface area contributed by atoms with Gasteiger partial charge in [0.25, 0.3) is 0 Å². The molecule has 65 heavy (non-hydrogen) atoms. The summed E-state index contributed by atoms with van der Waals surface area (Å²) in [6.07, 6.45) is 8.20. The van der Waals surface area contributed by atoms with Crippen molar-refractivity contribution < 1.29 is 0 Å². The number of hydrogen-bond acceptors (Lipinski definition) is 1. The number of benzene rings is 9. The first-order valence-corrected chi connectivity index (χ1v) is 22.3. The molecule has 0 spiro atoms. The van der Waals surface area contributed by atoms with Crippen LogP contribution in [0.15, 0.2) is 261 Å². The SMILES string of the molecule is C=C/C=C(\C=C/C)N(c1ccc(-c2ccc(-c3ccc4c(c3)c3ccccc3n4-c3ccccc3)cc2)cc1)c1ccc2c(c1)C(=C(c1ccccc1)c1ccccc1)c1ccccc1-2. The van der Waals surface area contributed by atoms with E-state index in [2.05, 4.69) is 266 Å². The molecule has 0 saturated carbocycles. The third-order valence-corrected chi connectivity index (χ3v) is 12.6. The Balaban J connectivity index is 0.967. The lowest BCUT2D eigenvalue weighted by atomic mass is 9.88. The Labute approximate surface area is 381 Å². The Hall–Kier alpha value is -8.46. The predicted octanol–water partition coefficient (Wildman–Crippen LogP) is 16.9. The van der Waals surface area contributed by atoms with Crippen LogP contribution in [0.1, 0.15) is 29.2 Å². The van der Waals surface area contributed by atoms with Gasteiger partial charge < -0.3 is 9.47 Å². The Morgan fingerprint density at radius 3 is 1.63 bits per heavy atom. The van der Waals surface area contributed by atoms with Crippen molar-refractivity contribution in [2.75, 3.05) is 4.90 Å². The van der Waals surface area contributed by atoms with E-state index in [1.807, 2.05) is 6.08 Å². The Morgan fingerprint density at radius 2 is 0.969 bits per heavy atom. The normalized spacial score (nSPS) is 12.1. The molecule has 1 heterocycles. The van der Waals surface area contributed by atoms with Crippen LogP contribution < -0.4 is 4.90 Å². The van der Waals surface area contributed by atoms with Crippen LogP contribution in [0.4, 0.5) is 11.4 Å². The highest BCUT2D eigenvalue weighted by Gasteiger charge is 2.29. The fourth-order valence-corrected chi connectivity index (χ4v) is 9.74. The minimum absolute atomic E-state index is 1.02. The molecule has 1 aliphatic rings. The number of hydrogen-bond donors (Lipinski definition) is 0. The highest BCUT2D eigenvalue weighted by Crippen LogP contribution is 2.51. The van der Waals surface area contributed by atoms with E-state index in [9.17, 15) is 0 Å². The van der Waals surface area contributed by atoms with Crippen LogP contribution in [-0.2, 0) is 0 Å². The van der Waals surface area contributed by atoms with E-state index in [0.29, 0.717) is 0 Å². The minimum atomic E-state index is 1.02. The third kappa shape index (κ3) is 7.12. The number of fused-ring (bicyclic) bond motifs is 6. The molecule has 0 N–H and O–H groups in total. The summed E-state index contributed by atoms with van der Waals surface area (Å²) in [5.41, 5.74) is 21.3. The molecule has 0 amide bonds. The lowest BCUT2D eigenvalue weighted by molar-refractivity contribution is 1.18. The van der Waals surface area contributed by atoms with Crippen LogP contribution in [0, 0.1) is 0 Å². The molecule has 10 aromatic rings. The van der Waals surface area contributed by atoms with E-state index in [1.54, 1.807) is 0 Å². The molecule has 9 aromatic carbocycles. The van der Waals surface area contributed by atoms with Gasteiger partial charge in [-0.2, -0.15) is 0 Å². The fourth-order valence-electron chi connectivity index (χ4n) is 9.74. The molecule has 1 aliphatic carbocycles. The van der Waals surface area contributed by atoms with E-state index < -0.39 is 0 Å². The number of anilines is 2. The van der Waals surface area contributed by atoms with Crippen LogP contribution in [0.3, 0.4) is 0 Å². The number of aromatic nitrogens is 1. The van der Waals surface area contributed by atoms with E-state index in [1.165, 1.54) is 88.7 Å². The summed E-state index contributed by atoms with van der Waals surface area (Å²) in [6.45, 7) is 6.18. The maximum Gasteiger partial charge on any atom is 0.0541 e. The first-order valence-electron chi connectivity index (χ1n) is 22.3. The van der Waals surface area contributed by atoms with Crippen molar-refractivity contribution in [2.45, 2.75) is 6.92 Å². The van der Waals surface area contributed by atoms with E-state index in [-0.39, 0.29) is 0 Å². The van der Waals surface area contributed by atoms with Crippen molar-refractivity contribution in [3.05, 3.63) is 283 Å². The molecule has 2 nitrogen and oxygen atoms in total. The fraction of sp³-hybridized carbons (Fsp3) is 0.0159. The Morgan fingerprint density at radius 1 is 0.446 bits per heavy atom. The summed E-state index contributed by atoms with van der Waals surface area (Å²) in [7, 11) is 0. The van der Waals surface area contributed by atoms with Crippen LogP contribution in [0.25, 0.3) is 72.0 Å². The third-order valence-electron chi connectivity index (χ3n) is 12.6. The zero-order valence-electron chi connectivity index (χ0n) is 36.3. The second kappa shape index (κ2) is 17.0. The summed E-state index contributed by atoms with van der Waals surface area (Å²) in [5, 5.41) is 2.51. The van der Waals surface area contributed by atoms with Gasteiger partial charge in [0, 0.05) is 33.5 Å². The van der Waals surface area contributed by atoms with Gasteiger partial charge in [0.2, 0.25) is 0 Å². The van der Waals surface area contributed by atoms with E-state index in [4.69, 9.17) is 0 Å². The maximum atomic E-state index is 4.12. The number of allylic oxidation sites excluding steroid dienone is 4. The van der Waals surface area contributed by atoms with Gasteiger partial charge in [-0.3, -0.25) is 0 Å². The van der Waals surface area contributed by atoms with Crippen molar-refractivity contribution in [3.63, 3.8) is 0 Å². The molecule has 1 aromatic heterocycles. The van der Waals surface area contributed by atoms with Gasteiger partial charge in [-0.15, -0.1) is 0 Å². The second-order valence-electron chi connectivity index (χ2n) is 16.5. The van der Waals surface area contributed by atoms with Crippen molar-refractivity contribution >= 4 is 44.3 Å². The molecule has 2 heteroatoms. The van der Waals surface area contributed by atoms with E-state index >= 15 is 0 Å². The molecular formula is C63H46N2. The van der Waals surface area contributed by atoms with Crippen molar-refractivity contribution in [2.24, 2.45) is 0 Å². The quantitative estimate of drug-likeness (QED) is 0.125. The summed E-state index contributed by atoms with van der Waals surface area (Å²) >= 11 is 0. The topological polar surface area (TPSA) is 8.17 Å². The first kappa shape index (κ1) is 39.4. The molecule has 0 atom stereocenters. The number of nitrogens with zero attached hydrogens (tertiary/aromatic N) is 2. The molecule has 0 radical (unpaired) electrons. The average Bonchev–Trinajstić information content (AvgIpc) is 3.88. The Bertz CT molecular complexity index is 3420. The van der Waals surface area contributed by atoms with Gasteiger partial charge in [0.1, 0.15) is 0 Å². The molecule has 0 unspecified atom stereocenters. The molecular weight excluding hydrogens is 785 g/mol. The zero-order chi connectivity index (χ0) is 43.7. The lowest BCUT2D eigenvalue weighted by Gasteiger charge is -2.27. The van der Waals surface area contributed by atoms with Gasteiger partial charge in [-0.25, -0.2) is 0 Å². The summed E-state index contributed by atoms with van der Waals surface area (Å²) in [4.78, 5) is 2.34. The van der Waals surface area contributed by atoms with Crippen LogP contribution in [0.5, 0.6) is 0 Å². The van der Waals surface area contributed by atoms with E-state index in [0.717, 1.165) is 22.6 Å². The minimum Gasteiger partial charge on any atom is -0.310 e. The van der Waals surface area contributed by atoms with Crippen molar-refractivity contribution in [1.29, 1.82) is 0 Å². The predicted molar refractivity (Wildman–Crippen MR) is 277 cm³/mol. The smallest absolute Gasteiger partial charge is 0.0541 e. The lowest BCUT2D eigenvalue weighted by Crippen LogP contribution is -2.15. The highest BCUT2D eigenvalue weighted by atomic mass is 15.1. The summed E-state index contributed by atoms with van der Waals surface area (Å²) in [5.74, 6) is 0. The molecule has 0 saturated heterocycles. The van der Waals surface area contributed by atoms with Gasteiger partial charge in [0.05, 0.1) is 11.0 Å². The molecule has 11 rings (SSSR count). The van der Waals surface area contributed by atoms with Crippen LogP contribution in [-0.4, -0.2) is 4.57 Å². The maximum absolute atomic E-state index is 4.12. The monoisotopic (exact) mass is 830 g/mol. The number of para-hydroxylation sites is 2. The molecule has 308 valence electrons.